The summed E-state index contributed by atoms with van der Waals surface area (Å²) in [6, 6.07) is 11.3. The minimum Gasteiger partial charge on any atom is -0.486 e. The molecular weight excluding hydrogens is 332 g/mol. The van der Waals surface area contributed by atoms with Gasteiger partial charge in [0.1, 0.15) is 12.7 Å². The van der Waals surface area contributed by atoms with Crippen LogP contribution in [0.1, 0.15) is 16.7 Å². The van der Waals surface area contributed by atoms with Gasteiger partial charge in [0, 0.05) is 5.69 Å². The molecule has 6 heteroatoms. The van der Waals surface area contributed by atoms with Gasteiger partial charge in [-0.2, -0.15) is 0 Å². The Morgan fingerprint density at radius 1 is 1.04 bits per heavy atom. The van der Waals surface area contributed by atoms with Crippen LogP contribution in [0.15, 0.2) is 36.4 Å². The van der Waals surface area contributed by atoms with Crippen LogP contribution in [-0.2, 0) is 9.59 Å². The van der Waals surface area contributed by atoms with Gasteiger partial charge in [0.05, 0.1) is 6.54 Å². The van der Waals surface area contributed by atoms with E-state index in [0.717, 1.165) is 16.7 Å². The number of carbonyl (C=O) groups is 2. The van der Waals surface area contributed by atoms with Crippen LogP contribution in [0.3, 0.4) is 0 Å². The van der Waals surface area contributed by atoms with Gasteiger partial charge in [-0.05, 0) is 44.0 Å². The van der Waals surface area contributed by atoms with Crippen LogP contribution in [0.25, 0.3) is 0 Å². The molecule has 2 amide bonds. The smallest absolute Gasteiger partial charge is 0.313 e. The van der Waals surface area contributed by atoms with E-state index >= 15 is 0 Å². The van der Waals surface area contributed by atoms with Gasteiger partial charge in [-0.3, -0.25) is 9.59 Å². The lowest BCUT2D eigenvalue weighted by molar-refractivity contribution is -0.136. The predicted molar refractivity (Wildman–Crippen MR) is 98.6 cm³/mol. The summed E-state index contributed by atoms with van der Waals surface area (Å²) in [4.78, 5) is 24.3. The summed E-state index contributed by atoms with van der Waals surface area (Å²) in [7, 11) is 0. The highest BCUT2D eigenvalue weighted by molar-refractivity contribution is 6.39. The molecule has 0 saturated heterocycles. The summed E-state index contributed by atoms with van der Waals surface area (Å²) >= 11 is 0. The van der Waals surface area contributed by atoms with E-state index in [9.17, 15) is 9.59 Å². The Balaban J connectivity index is 1.55. The lowest BCUT2D eigenvalue weighted by Crippen LogP contribution is -2.44. The molecule has 6 nitrogen and oxygen atoms in total. The fourth-order valence-electron chi connectivity index (χ4n) is 3.00. The van der Waals surface area contributed by atoms with Crippen molar-refractivity contribution in [2.24, 2.45) is 0 Å². The van der Waals surface area contributed by atoms with E-state index in [1.807, 2.05) is 51.1 Å². The normalized spacial score (nSPS) is 15.3. The molecule has 1 unspecified atom stereocenters. The standard InChI is InChI=1S/C20H22N2O4/c1-12-8-13(2)18(14(3)9-12)22-20(24)19(23)21-10-15-11-25-16-6-4-5-7-17(16)26-15/h4-9,15H,10-11H2,1-3H3,(H,21,23)(H,22,24). The van der Waals surface area contributed by atoms with Gasteiger partial charge in [-0.1, -0.05) is 29.8 Å². The van der Waals surface area contributed by atoms with Gasteiger partial charge in [0.25, 0.3) is 0 Å². The molecule has 0 aliphatic carbocycles. The van der Waals surface area contributed by atoms with Gasteiger partial charge < -0.3 is 20.1 Å². The molecule has 2 aromatic rings. The average Bonchev–Trinajstić information content (AvgIpc) is 2.62. The zero-order chi connectivity index (χ0) is 18.7. The quantitative estimate of drug-likeness (QED) is 0.831. The molecule has 0 aromatic heterocycles. The molecule has 1 atom stereocenters. The van der Waals surface area contributed by atoms with Crippen molar-refractivity contribution < 1.29 is 19.1 Å². The van der Waals surface area contributed by atoms with Crippen molar-refractivity contribution in [1.82, 2.24) is 5.32 Å². The molecule has 2 N–H and O–H groups in total. The zero-order valence-corrected chi connectivity index (χ0v) is 15.1. The molecule has 136 valence electrons. The first kappa shape index (κ1) is 17.8. The number of carbonyl (C=O) groups excluding carboxylic acids is 2. The second-order valence-corrected chi connectivity index (χ2v) is 6.44. The predicted octanol–water partition coefficient (Wildman–Crippen LogP) is 2.51. The Morgan fingerprint density at radius 2 is 1.69 bits per heavy atom. The number of ether oxygens (including phenoxy) is 2. The van der Waals surface area contributed by atoms with Gasteiger partial charge in [-0.25, -0.2) is 0 Å². The molecule has 0 saturated carbocycles. The minimum absolute atomic E-state index is 0.187. The van der Waals surface area contributed by atoms with Crippen molar-refractivity contribution in [2.45, 2.75) is 26.9 Å². The SMILES string of the molecule is Cc1cc(C)c(NC(=O)C(=O)NCC2COc3ccccc3O2)c(C)c1. The van der Waals surface area contributed by atoms with Gasteiger partial charge in [0.2, 0.25) is 0 Å². The van der Waals surface area contributed by atoms with E-state index in [1.54, 1.807) is 6.07 Å². The minimum atomic E-state index is -0.702. The summed E-state index contributed by atoms with van der Waals surface area (Å²) in [5, 5.41) is 5.28. The lowest BCUT2D eigenvalue weighted by atomic mass is 10.1. The first-order valence-electron chi connectivity index (χ1n) is 8.49. The fourth-order valence-corrected chi connectivity index (χ4v) is 3.00. The molecule has 0 radical (unpaired) electrons. The van der Waals surface area contributed by atoms with Crippen molar-refractivity contribution in [3.8, 4) is 11.5 Å². The van der Waals surface area contributed by atoms with Crippen LogP contribution >= 0.6 is 0 Å². The Hall–Kier alpha value is -3.02. The monoisotopic (exact) mass is 354 g/mol. The third-order valence-corrected chi connectivity index (χ3v) is 4.18. The van der Waals surface area contributed by atoms with Crippen LogP contribution in [0.2, 0.25) is 0 Å². The van der Waals surface area contributed by atoms with Crippen molar-refractivity contribution in [3.05, 3.63) is 53.1 Å². The second-order valence-electron chi connectivity index (χ2n) is 6.44. The van der Waals surface area contributed by atoms with E-state index in [-0.39, 0.29) is 12.6 Å². The molecule has 1 aliphatic heterocycles. The largest absolute Gasteiger partial charge is 0.486 e. The number of hydrogen-bond acceptors (Lipinski definition) is 4. The van der Waals surface area contributed by atoms with Crippen molar-refractivity contribution in [2.75, 3.05) is 18.5 Å². The fraction of sp³-hybridized carbons (Fsp3) is 0.300. The molecule has 0 bridgehead atoms. The van der Waals surface area contributed by atoms with Crippen LogP contribution in [-0.4, -0.2) is 31.1 Å². The molecule has 1 heterocycles. The van der Waals surface area contributed by atoms with Gasteiger partial charge in [0.15, 0.2) is 11.5 Å². The Kier molecular flexibility index (Phi) is 5.11. The summed E-state index contributed by atoms with van der Waals surface area (Å²) in [6.07, 6.45) is -0.343. The maximum atomic E-state index is 12.2. The molecule has 0 spiro atoms. The van der Waals surface area contributed by atoms with Crippen LogP contribution in [0.4, 0.5) is 5.69 Å². The van der Waals surface area contributed by atoms with E-state index in [0.29, 0.717) is 23.8 Å². The zero-order valence-electron chi connectivity index (χ0n) is 15.1. The second kappa shape index (κ2) is 7.47. The number of nitrogens with one attached hydrogen (secondary N) is 2. The third-order valence-electron chi connectivity index (χ3n) is 4.18. The lowest BCUT2D eigenvalue weighted by Gasteiger charge is -2.26. The molecule has 26 heavy (non-hydrogen) atoms. The van der Waals surface area contributed by atoms with Crippen molar-refractivity contribution in [1.29, 1.82) is 0 Å². The molecule has 1 aliphatic rings. The number of para-hydroxylation sites is 2. The number of fused-ring (bicyclic) bond motifs is 1. The van der Waals surface area contributed by atoms with Crippen LogP contribution in [0, 0.1) is 20.8 Å². The number of hydrogen-bond donors (Lipinski definition) is 2. The van der Waals surface area contributed by atoms with Crippen LogP contribution < -0.4 is 20.1 Å². The third kappa shape index (κ3) is 3.96. The number of amides is 2. The van der Waals surface area contributed by atoms with Crippen molar-refractivity contribution in [3.63, 3.8) is 0 Å². The topological polar surface area (TPSA) is 76.7 Å². The highest BCUT2D eigenvalue weighted by atomic mass is 16.6. The first-order valence-corrected chi connectivity index (χ1v) is 8.49. The summed E-state index contributed by atoms with van der Waals surface area (Å²) in [5.41, 5.74) is 3.62. The van der Waals surface area contributed by atoms with Crippen molar-refractivity contribution >= 4 is 17.5 Å². The molecule has 2 aromatic carbocycles. The summed E-state index contributed by atoms with van der Waals surface area (Å²) in [5.74, 6) is -0.0875. The Morgan fingerprint density at radius 3 is 2.38 bits per heavy atom. The average molecular weight is 354 g/mol. The number of anilines is 1. The Labute approximate surface area is 152 Å². The molecular formula is C20H22N2O4. The maximum absolute atomic E-state index is 12.2. The summed E-state index contributed by atoms with van der Waals surface area (Å²) < 4.78 is 11.4. The molecule has 3 rings (SSSR count). The first-order chi connectivity index (χ1) is 12.4. The number of rotatable bonds is 3. The number of aryl methyl sites for hydroxylation is 3. The van der Waals surface area contributed by atoms with E-state index in [2.05, 4.69) is 10.6 Å². The summed E-state index contributed by atoms with van der Waals surface area (Å²) in [6.45, 7) is 6.29. The van der Waals surface area contributed by atoms with Crippen LogP contribution in [0.5, 0.6) is 11.5 Å². The molecule has 0 fully saturated rings. The highest BCUT2D eigenvalue weighted by Gasteiger charge is 2.23. The highest BCUT2D eigenvalue weighted by Crippen LogP contribution is 2.30. The maximum Gasteiger partial charge on any atom is 0.313 e. The van der Waals surface area contributed by atoms with Gasteiger partial charge in [-0.15, -0.1) is 0 Å². The number of benzene rings is 2. The van der Waals surface area contributed by atoms with E-state index in [4.69, 9.17) is 9.47 Å². The van der Waals surface area contributed by atoms with E-state index < -0.39 is 11.8 Å². The van der Waals surface area contributed by atoms with E-state index in [1.165, 1.54) is 0 Å². The Bertz CT molecular complexity index is 824. The van der Waals surface area contributed by atoms with Gasteiger partial charge >= 0.3 is 11.8 Å².